The molecule has 9 nitrogen and oxygen atoms in total. The Morgan fingerprint density at radius 1 is 1.14 bits per heavy atom. The van der Waals surface area contributed by atoms with E-state index in [1.807, 2.05) is 18.9 Å². The standard InChI is InChI=1S/C31H38F3N5O4/c1-18-16-39(17-19(2)37(18)4)26-14-24(32)21(20-6-10-38(11-7-20)30(42)43-31(3)8-5-9-31)12-25(26)36-29(41)23-15-35-27(40)13-22(23)28(33)34/h6,12-15,18-19,28H,5,7-11,16-17H2,1-4H3,(H,35,40)(H,36,41). The molecular formula is C31H38F3N5O4. The molecule has 232 valence electrons. The number of amides is 2. The predicted molar refractivity (Wildman–Crippen MR) is 158 cm³/mol. The predicted octanol–water partition coefficient (Wildman–Crippen LogP) is 5.40. The van der Waals surface area contributed by atoms with Crippen molar-refractivity contribution in [2.75, 3.05) is 43.4 Å². The van der Waals surface area contributed by atoms with Crippen molar-refractivity contribution >= 4 is 28.9 Å². The van der Waals surface area contributed by atoms with E-state index in [4.69, 9.17) is 4.74 Å². The molecule has 3 heterocycles. The number of rotatable bonds is 6. The van der Waals surface area contributed by atoms with Crippen molar-refractivity contribution in [1.82, 2.24) is 14.8 Å². The van der Waals surface area contributed by atoms with Crippen LogP contribution < -0.4 is 15.8 Å². The van der Waals surface area contributed by atoms with E-state index in [0.29, 0.717) is 43.4 Å². The van der Waals surface area contributed by atoms with E-state index < -0.39 is 41.0 Å². The van der Waals surface area contributed by atoms with Gasteiger partial charge in [-0.2, -0.15) is 0 Å². The summed E-state index contributed by atoms with van der Waals surface area (Å²) in [6, 6.07) is 3.87. The number of hydrogen-bond acceptors (Lipinski definition) is 6. The molecule has 2 fully saturated rings. The Kier molecular flexibility index (Phi) is 8.60. The summed E-state index contributed by atoms with van der Waals surface area (Å²) >= 11 is 0. The molecule has 1 aromatic heterocycles. The fraction of sp³-hybridized carbons (Fsp3) is 0.516. The van der Waals surface area contributed by atoms with Gasteiger partial charge in [0, 0.05) is 61.7 Å². The van der Waals surface area contributed by atoms with Crippen LogP contribution in [0.4, 0.5) is 29.3 Å². The smallest absolute Gasteiger partial charge is 0.410 e. The second kappa shape index (κ2) is 12.1. The fourth-order valence-electron chi connectivity index (χ4n) is 5.96. The molecule has 1 aromatic carbocycles. The first-order valence-corrected chi connectivity index (χ1v) is 14.6. The second-order valence-electron chi connectivity index (χ2n) is 12.1. The molecule has 0 bridgehead atoms. The lowest BCUT2D eigenvalue weighted by Crippen LogP contribution is -2.55. The maximum Gasteiger partial charge on any atom is 0.410 e. The van der Waals surface area contributed by atoms with Gasteiger partial charge in [-0.25, -0.2) is 18.0 Å². The molecule has 2 aromatic rings. The van der Waals surface area contributed by atoms with Gasteiger partial charge in [-0.15, -0.1) is 0 Å². The number of carbonyl (C=O) groups is 2. The van der Waals surface area contributed by atoms with Gasteiger partial charge in [0.15, 0.2) is 0 Å². The second-order valence-corrected chi connectivity index (χ2v) is 12.1. The van der Waals surface area contributed by atoms with E-state index >= 15 is 4.39 Å². The number of H-pyrrole nitrogens is 1. The van der Waals surface area contributed by atoms with Crippen molar-refractivity contribution in [3.8, 4) is 0 Å². The van der Waals surface area contributed by atoms with Crippen LogP contribution in [-0.4, -0.2) is 77.7 Å². The first-order valence-electron chi connectivity index (χ1n) is 14.6. The third-order valence-electron chi connectivity index (χ3n) is 9.03. The molecule has 0 spiro atoms. The average molecular weight is 602 g/mol. The number of piperazine rings is 1. The van der Waals surface area contributed by atoms with Gasteiger partial charge >= 0.3 is 6.09 Å². The minimum absolute atomic E-state index is 0.133. The maximum absolute atomic E-state index is 15.8. The zero-order chi connectivity index (χ0) is 31.1. The highest BCUT2D eigenvalue weighted by atomic mass is 19.3. The SMILES string of the molecule is CC1CN(c2cc(F)c(C3=CCN(C(=O)OC4(C)CCC4)CC3)cc2NC(=O)c2c[nH]c(=O)cc2C(F)F)CC(C)N1C. The van der Waals surface area contributed by atoms with Crippen molar-refractivity contribution in [3.63, 3.8) is 0 Å². The van der Waals surface area contributed by atoms with E-state index in [0.717, 1.165) is 25.5 Å². The summed E-state index contributed by atoms with van der Waals surface area (Å²) in [5, 5.41) is 2.72. The van der Waals surface area contributed by atoms with E-state index in [2.05, 4.69) is 29.0 Å². The van der Waals surface area contributed by atoms with Gasteiger partial charge in [-0.05, 0) is 71.2 Å². The van der Waals surface area contributed by atoms with Crippen molar-refractivity contribution in [3.05, 3.63) is 63.3 Å². The van der Waals surface area contributed by atoms with Gasteiger partial charge in [0.05, 0.1) is 16.9 Å². The molecule has 2 unspecified atom stereocenters. The number of hydrogen-bond donors (Lipinski definition) is 2. The minimum atomic E-state index is -3.04. The van der Waals surface area contributed by atoms with Crippen LogP contribution in [0.2, 0.25) is 0 Å². The highest BCUT2D eigenvalue weighted by Gasteiger charge is 2.37. The Labute approximate surface area is 248 Å². The number of aromatic amines is 1. The Hall–Kier alpha value is -3.80. The van der Waals surface area contributed by atoms with Crippen LogP contribution in [0.1, 0.15) is 74.4 Å². The first kappa shape index (κ1) is 30.7. The Morgan fingerprint density at radius 3 is 2.42 bits per heavy atom. The third-order valence-corrected chi connectivity index (χ3v) is 9.03. The minimum Gasteiger partial charge on any atom is -0.443 e. The molecule has 43 heavy (non-hydrogen) atoms. The van der Waals surface area contributed by atoms with Gasteiger partial charge in [0.1, 0.15) is 11.4 Å². The van der Waals surface area contributed by atoms with Crippen LogP contribution >= 0.6 is 0 Å². The van der Waals surface area contributed by atoms with E-state index in [-0.39, 0.29) is 35.4 Å². The average Bonchev–Trinajstić information content (AvgIpc) is 2.95. The number of nitrogens with one attached hydrogen (secondary N) is 2. The van der Waals surface area contributed by atoms with Gasteiger partial charge in [-0.3, -0.25) is 14.5 Å². The lowest BCUT2D eigenvalue weighted by Gasteiger charge is -2.44. The zero-order valence-corrected chi connectivity index (χ0v) is 24.9. The van der Waals surface area contributed by atoms with Gasteiger partial charge in [0.25, 0.3) is 12.3 Å². The molecule has 5 rings (SSSR count). The largest absolute Gasteiger partial charge is 0.443 e. The summed E-state index contributed by atoms with van der Waals surface area (Å²) < 4.78 is 48.9. The molecule has 3 aliphatic rings. The molecule has 0 radical (unpaired) electrons. The molecule has 2 atom stereocenters. The highest BCUT2D eigenvalue weighted by molar-refractivity contribution is 6.07. The molecule has 2 amide bonds. The van der Waals surface area contributed by atoms with Gasteiger partial charge in [0.2, 0.25) is 5.56 Å². The normalized spacial score (nSPS) is 22.2. The number of halogens is 3. The molecule has 2 N–H and O–H groups in total. The third kappa shape index (κ3) is 6.43. The van der Waals surface area contributed by atoms with Gasteiger partial charge in [-0.1, -0.05) is 6.08 Å². The van der Waals surface area contributed by atoms with Crippen LogP contribution in [0.3, 0.4) is 0 Å². The first-order chi connectivity index (χ1) is 20.3. The molecule has 2 aliphatic heterocycles. The van der Waals surface area contributed by atoms with Crippen LogP contribution in [0.25, 0.3) is 5.57 Å². The van der Waals surface area contributed by atoms with E-state index in [1.165, 1.54) is 12.1 Å². The summed E-state index contributed by atoms with van der Waals surface area (Å²) in [6.45, 7) is 7.73. The number of aromatic nitrogens is 1. The zero-order valence-electron chi connectivity index (χ0n) is 24.9. The number of pyridine rings is 1. The van der Waals surface area contributed by atoms with Crippen molar-refractivity contribution in [2.45, 2.75) is 70.6 Å². The molecule has 1 saturated heterocycles. The number of carbonyl (C=O) groups excluding carboxylic acids is 2. The summed E-state index contributed by atoms with van der Waals surface area (Å²) in [5.41, 5.74) is -0.634. The summed E-state index contributed by atoms with van der Waals surface area (Å²) in [4.78, 5) is 45.8. The summed E-state index contributed by atoms with van der Waals surface area (Å²) in [7, 11) is 2.02. The van der Waals surface area contributed by atoms with Crippen LogP contribution in [-0.2, 0) is 4.74 Å². The van der Waals surface area contributed by atoms with Crippen molar-refractivity contribution in [2.24, 2.45) is 0 Å². The van der Waals surface area contributed by atoms with Crippen molar-refractivity contribution in [1.29, 1.82) is 0 Å². The van der Waals surface area contributed by atoms with Crippen molar-refractivity contribution < 1.29 is 27.5 Å². The van der Waals surface area contributed by atoms with Crippen LogP contribution in [0.15, 0.2) is 35.3 Å². The highest BCUT2D eigenvalue weighted by Crippen LogP contribution is 2.38. The van der Waals surface area contributed by atoms with Crippen LogP contribution in [0.5, 0.6) is 0 Å². The number of likely N-dealkylation sites (N-methyl/N-ethyl adjacent to an activating group) is 1. The topological polar surface area (TPSA) is 98.0 Å². The summed E-state index contributed by atoms with van der Waals surface area (Å²) in [5.74, 6) is -1.34. The van der Waals surface area contributed by atoms with Crippen LogP contribution in [0, 0.1) is 5.82 Å². The maximum atomic E-state index is 15.8. The number of anilines is 2. The van der Waals surface area contributed by atoms with E-state index in [1.54, 1.807) is 11.0 Å². The van der Waals surface area contributed by atoms with Gasteiger partial charge < -0.3 is 24.8 Å². The quantitative estimate of drug-likeness (QED) is 0.460. The number of benzene rings is 1. The Morgan fingerprint density at radius 2 is 1.84 bits per heavy atom. The lowest BCUT2D eigenvalue weighted by molar-refractivity contribution is -0.0466. The lowest BCUT2D eigenvalue weighted by atomic mass is 9.82. The monoisotopic (exact) mass is 601 g/mol. The number of nitrogens with zero attached hydrogens (tertiary/aromatic N) is 3. The molecule has 12 heteroatoms. The fourth-order valence-corrected chi connectivity index (χ4v) is 5.96. The molecule has 1 saturated carbocycles. The number of alkyl halides is 2. The Balaban J connectivity index is 1.46. The molecular weight excluding hydrogens is 563 g/mol. The molecule has 1 aliphatic carbocycles. The number of ether oxygens (including phenoxy) is 1. The Bertz CT molecular complexity index is 1480. The summed E-state index contributed by atoms with van der Waals surface area (Å²) in [6.07, 6.45) is 2.37. The van der Waals surface area contributed by atoms with E-state index in [9.17, 15) is 23.2 Å².